The second kappa shape index (κ2) is 8.80. The third kappa shape index (κ3) is 4.23. The number of aromatic nitrogens is 1. The van der Waals surface area contributed by atoms with E-state index in [1.165, 1.54) is 12.1 Å². The van der Waals surface area contributed by atoms with Crippen LogP contribution in [0.25, 0.3) is 21.9 Å². The van der Waals surface area contributed by atoms with E-state index < -0.39 is 17.7 Å². The van der Waals surface area contributed by atoms with Crippen LogP contribution in [0.4, 0.5) is 4.39 Å². The van der Waals surface area contributed by atoms with Crippen LogP contribution < -0.4 is 4.74 Å². The van der Waals surface area contributed by atoms with Crippen LogP contribution in [0.2, 0.25) is 5.02 Å². The Morgan fingerprint density at radius 1 is 1.12 bits per heavy atom. The summed E-state index contributed by atoms with van der Waals surface area (Å²) in [6, 6.07) is 9.25. The first-order valence-electron chi connectivity index (χ1n) is 11.0. The number of carbonyl (C=O) groups is 1. The summed E-state index contributed by atoms with van der Waals surface area (Å²) in [5, 5.41) is 21.0. The molecule has 3 aromatic rings. The highest BCUT2D eigenvalue weighted by atomic mass is 35.5. The molecule has 1 aliphatic carbocycles. The fraction of sp³-hybridized carbons (Fsp3) is 0.360. The Balaban J connectivity index is 1.68. The molecule has 0 unspecified atom stereocenters. The smallest absolute Gasteiger partial charge is 0.306 e. The second-order valence-corrected chi connectivity index (χ2v) is 9.07. The molecule has 2 aromatic carbocycles. The van der Waals surface area contributed by atoms with Gasteiger partial charge in [0.2, 0.25) is 5.88 Å². The molecule has 2 aliphatic rings. The van der Waals surface area contributed by atoms with E-state index in [-0.39, 0.29) is 22.8 Å². The van der Waals surface area contributed by atoms with E-state index in [0.717, 1.165) is 29.5 Å². The lowest BCUT2D eigenvalue weighted by Gasteiger charge is -2.33. The molecule has 2 N–H and O–H groups in total. The van der Waals surface area contributed by atoms with Crippen molar-refractivity contribution in [2.45, 2.75) is 37.7 Å². The maximum atomic E-state index is 13.8. The third-order valence-corrected chi connectivity index (χ3v) is 6.82. The Kier molecular flexibility index (Phi) is 5.85. The maximum absolute atomic E-state index is 13.8. The Morgan fingerprint density at radius 2 is 1.88 bits per heavy atom. The quantitative estimate of drug-likeness (QED) is 0.508. The number of rotatable bonds is 5. The molecular weight excluding hydrogens is 449 g/mol. The molecule has 2 fully saturated rings. The summed E-state index contributed by atoms with van der Waals surface area (Å²) in [4.78, 5) is 16.1. The molecule has 1 aliphatic heterocycles. The number of halogens is 2. The molecule has 8 heteroatoms. The first kappa shape index (κ1) is 21.9. The van der Waals surface area contributed by atoms with Gasteiger partial charge in [0, 0.05) is 35.6 Å². The number of ether oxygens (including phenoxy) is 2. The number of nitrogens with zero attached hydrogens (tertiary/aromatic N) is 1. The standard InChI is InChI=1S/C25H23ClFNO5/c26-21-11-15(27)1-3-19(21)22-18-4-2-16(29)12-20(18)24(33-17-9-14(10-17)25(30)31)28-23(22)13-5-7-32-8-6-13/h1-4,11-14,17,29H,5-10H2,(H,30,31). The van der Waals surface area contributed by atoms with Gasteiger partial charge in [0.25, 0.3) is 0 Å². The number of phenols is 1. The van der Waals surface area contributed by atoms with Crippen molar-refractivity contribution in [3.8, 4) is 22.8 Å². The van der Waals surface area contributed by atoms with Crippen LogP contribution in [-0.2, 0) is 9.53 Å². The van der Waals surface area contributed by atoms with Gasteiger partial charge < -0.3 is 19.7 Å². The number of benzene rings is 2. The molecule has 1 aromatic heterocycles. The molecule has 0 atom stereocenters. The number of carboxylic acids is 1. The van der Waals surface area contributed by atoms with Crippen molar-refractivity contribution in [3.05, 3.63) is 52.9 Å². The van der Waals surface area contributed by atoms with Crippen molar-refractivity contribution < 1.29 is 28.9 Å². The van der Waals surface area contributed by atoms with E-state index >= 15 is 0 Å². The molecule has 33 heavy (non-hydrogen) atoms. The predicted octanol–water partition coefficient (Wildman–Crippen LogP) is 5.54. The predicted molar refractivity (Wildman–Crippen MR) is 121 cm³/mol. The van der Waals surface area contributed by atoms with E-state index in [9.17, 15) is 19.4 Å². The van der Waals surface area contributed by atoms with Crippen LogP contribution in [0, 0.1) is 11.7 Å². The van der Waals surface area contributed by atoms with Crippen molar-refractivity contribution in [3.63, 3.8) is 0 Å². The fourth-order valence-corrected chi connectivity index (χ4v) is 4.91. The van der Waals surface area contributed by atoms with Crippen LogP contribution in [0.3, 0.4) is 0 Å². The highest BCUT2D eigenvalue weighted by Gasteiger charge is 2.37. The van der Waals surface area contributed by atoms with Gasteiger partial charge in [0.05, 0.1) is 16.6 Å². The average Bonchev–Trinajstić information content (AvgIpc) is 2.76. The zero-order valence-electron chi connectivity index (χ0n) is 17.8. The van der Waals surface area contributed by atoms with Crippen molar-refractivity contribution in [2.24, 2.45) is 5.92 Å². The van der Waals surface area contributed by atoms with E-state index in [1.807, 2.05) is 0 Å². The summed E-state index contributed by atoms with van der Waals surface area (Å²) in [5.41, 5.74) is 2.23. The first-order valence-corrected chi connectivity index (χ1v) is 11.4. The van der Waals surface area contributed by atoms with Crippen LogP contribution in [0.15, 0.2) is 36.4 Å². The Morgan fingerprint density at radius 3 is 2.58 bits per heavy atom. The zero-order chi connectivity index (χ0) is 23.1. The minimum atomic E-state index is -0.825. The first-order chi connectivity index (χ1) is 15.9. The molecule has 1 saturated carbocycles. The number of fused-ring (bicyclic) bond motifs is 1. The molecule has 6 nitrogen and oxygen atoms in total. The number of aromatic hydroxyl groups is 1. The number of phenolic OH excluding ortho intramolecular Hbond substituents is 1. The molecule has 172 valence electrons. The number of pyridine rings is 1. The van der Waals surface area contributed by atoms with Crippen molar-refractivity contribution in [1.82, 2.24) is 4.98 Å². The van der Waals surface area contributed by atoms with Crippen molar-refractivity contribution >= 4 is 28.3 Å². The summed E-state index contributed by atoms with van der Waals surface area (Å²) in [6.45, 7) is 1.21. The molecule has 5 rings (SSSR count). The molecule has 0 amide bonds. The van der Waals surface area contributed by atoms with Crippen LogP contribution in [0.5, 0.6) is 11.6 Å². The van der Waals surface area contributed by atoms with Gasteiger partial charge in [-0.15, -0.1) is 0 Å². The summed E-state index contributed by atoms with van der Waals surface area (Å²) in [5.74, 6) is -1.16. The molecule has 2 heterocycles. The van der Waals surface area contributed by atoms with E-state index in [1.54, 1.807) is 24.3 Å². The molecule has 0 radical (unpaired) electrons. The average molecular weight is 472 g/mol. The highest BCUT2D eigenvalue weighted by Crippen LogP contribution is 2.45. The van der Waals surface area contributed by atoms with E-state index in [0.29, 0.717) is 42.9 Å². The summed E-state index contributed by atoms with van der Waals surface area (Å²) in [7, 11) is 0. The fourth-order valence-electron chi connectivity index (χ4n) is 4.64. The van der Waals surface area contributed by atoms with Gasteiger partial charge in [-0.3, -0.25) is 4.79 Å². The van der Waals surface area contributed by atoms with Gasteiger partial charge in [-0.25, -0.2) is 9.37 Å². The third-order valence-electron chi connectivity index (χ3n) is 6.51. The summed E-state index contributed by atoms with van der Waals surface area (Å²) in [6.07, 6.45) is 2.11. The van der Waals surface area contributed by atoms with Crippen LogP contribution in [-0.4, -0.2) is 40.5 Å². The van der Waals surface area contributed by atoms with Crippen molar-refractivity contribution in [2.75, 3.05) is 13.2 Å². The largest absolute Gasteiger partial charge is 0.508 e. The molecular formula is C25H23ClFNO5. The van der Waals surface area contributed by atoms with Crippen LogP contribution >= 0.6 is 11.6 Å². The van der Waals surface area contributed by atoms with Crippen LogP contribution in [0.1, 0.15) is 37.3 Å². The monoisotopic (exact) mass is 471 g/mol. The van der Waals surface area contributed by atoms with Gasteiger partial charge in [-0.05, 0) is 67.5 Å². The molecule has 0 spiro atoms. The number of hydrogen-bond acceptors (Lipinski definition) is 5. The van der Waals surface area contributed by atoms with Gasteiger partial charge in [-0.1, -0.05) is 11.6 Å². The normalized spacial score (nSPS) is 21.0. The molecule has 0 bridgehead atoms. The zero-order valence-corrected chi connectivity index (χ0v) is 18.5. The Hall–Kier alpha value is -2.90. The van der Waals surface area contributed by atoms with Gasteiger partial charge in [0.1, 0.15) is 17.7 Å². The molecule has 1 saturated heterocycles. The van der Waals surface area contributed by atoms with E-state index in [4.69, 9.17) is 26.1 Å². The highest BCUT2D eigenvalue weighted by molar-refractivity contribution is 6.33. The van der Waals surface area contributed by atoms with Crippen molar-refractivity contribution in [1.29, 1.82) is 0 Å². The Labute approximate surface area is 194 Å². The van der Waals surface area contributed by atoms with Gasteiger partial charge in [0.15, 0.2) is 0 Å². The maximum Gasteiger partial charge on any atom is 0.306 e. The number of carboxylic acid groups (broad SMARTS) is 1. The Bertz CT molecular complexity index is 1220. The van der Waals surface area contributed by atoms with Gasteiger partial charge in [-0.2, -0.15) is 0 Å². The minimum absolute atomic E-state index is 0.0566. The summed E-state index contributed by atoms with van der Waals surface area (Å²) >= 11 is 6.48. The summed E-state index contributed by atoms with van der Waals surface area (Å²) < 4.78 is 25.5. The topological polar surface area (TPSA) is 88.9 Å². The number of aliphatic carboxylic acids is 1. The SMILES string of the molecule is O=C(O)C1CC(Oc2nc(C3CCOCC3)c(-c3ccc(F)cc3Cl)c3ccc(O)cc23)C1. The minimum Gasteiger partial charge on any atom is -0.508 e. The lowest BCUT2D eigenvalue weighted by Crippen LogP contribution is -2.38. The van der Waals surface area contributed by atoms with Gasteiger partial charge >= 0.3 is 5.97 Å². The van der Waals surface area contributed by atoms with E-state index in [2.05, 4.69) is 0 Å². The lowest BCUT2D eigenvalue weighted by molar-refractivity contribution is -0.148. The lowest BCUT2D eigenvalue weighted by atomic mass is 9.82. The number of hydrogen-bond donors (Lipinski definition) is 2. The second-order valence-electron chi connectivity index (χ2n) is 8.66.